The Morgan fingerprint density at radius 1 is 1.35 bits per heavy atom. The molecule has 3 atom stereocenters. The lowest BCUT2D eigenvalue weighted by Gasteiger charge is -2.18. The average molecular weight is 338 g/mol. The normalized spacial score (nSPS) is 29.7. The molecule has 0 radical (unpaired) electrons. The molecule has 3 unspecified atom stereocenters. The third kappa shape index (κ3) is 2.92. The summed E-state index contributed by atoms with van der Waals surface area (Å²) in [5, 5.41) is 0. The van der Waals surface area contributed by atoms with Crippen molar-refractivity contribution >= 4 is 37.3 Å². The van der Waals surface area contributed by atoms with Crippen LogP contribution >= 0.6 is 27.3 Å². The molecule has 0 spiro atoms. The minimum atomic E-state index is -3.34. The molecule has 0 amide bonds. The van der Waals surface area contributed by atoms with Crippen LogP contribution in [-0.2, 0) is 10.0 Å². The van der Waals surface area contributed by atoms with Crippen LogP contribution in [0.5, 0.6) is 0 Å². The standard InChI is InChI=1S/C11H16BrNO2S2/c1-7-3-4-9(8(7)2)13-17(14,15)11-6-5-10(12)16-11/h5-9,13H,3-4H2,1-2H3. The Kier molecular flexibility index (Phi) is 3.97. The van der Waals surface area contributed by atoms with Crippen LogP contribution < -0.4 is 4.72 Å². The average Bonchev–Trinajstić information content (AvgIpc) is 2.80. The van der Waals surface area contributed by atoms with Crippen LogP contribution in [0.2, 0.25) is 0 Å². The Hall–Kier alpha value is 0.0900. The van der Waals surface area contributed by atoms with Gasteiger partial charge in [0.05, 0.1) is 3.79 Å². The highest BCUT2D eigenvalue weighted by Crippen LogP contribution is 2.33. The van der Waals surface area contributed by atoms with Gasteiger partial charge in [-0.2, -0.15) is 0 Å². The molecular weight excluding hydrogens is 322 g/mol. The third-order valence-electron chi connectivity index (χ3n) is 3.59. The lowest BCUT2D eigenvalue weighted by atomic mass is 9.98. The van der Waals surface area contributed by atoms with Crippen LogP contribution in [0.4, 0.5) is 0 Å². The fraction of sp³-hybridized carbons (Fsp3) is 0.636. The molecule has 0 aromatic carbocycles. The predicted octanol–water partition coefficient (Wildman–Crippen LogP) is 3.22. The van der Waals surface area contributed by atoms with Gasteiger partial charge in [0.1, 0.15) is 4.21 Å². The molecule has 1 fully saturated rings. The van der Waals surface area contributed by atoms with Crippen molar-refractivity contribution in [2.24, 2.45) is 11.8 Å². The molecule has 17 heavy (non-hydrogen) atoms. The van der Waals surface area contributed by atoms with Gasteiger partial charge in [-0.1, -0.05) is 13.8 Å². The molecule has 1 aliphatic carbocycles. The van der Waals surface area contributed by atoms with E-state index in [9.17, 15) is 8.42 Å². The maximum absolute atomic E-state index is 12.1. The second kappa shape index (κ2) is 4.99. The Balaban J connectivity index is 2.13. The summed E-state index contributed by atoms with van der Waals surface area (Å²) in [6.45, 7) is 4.30. The van der Waals surface area contributed by atoms with Crippen LogP contribution in [0.3, 0.4) is 0 Å². The summed E-state index contributed by atoms with van der Waals surface area (Å²) in [6, 6.07) is 3.48. The van der Waals surface area contributed by atoms with Crippen LogP contribution in [-0.4, -0.2) is 14.5 Å². The van der Waals surface area contributed by atoms with Crippen molar-refractivity contribution in [1.29, 1.82) is 0 Å². The van der Waals surface area contributed by atoms with E-state index in [-0.39, 0.29) is 6.04 Å². The van der Waals surface area contributed by atoms with Gasteiger partial charge in [-0.25, -0.2) is 13.1 Å². The van der Waals surface area contributed by atoms with Gasteiger partial charge in [-0.3, -0.25) is 0 Å². The zero-order valence-corrected chi connectivity index (χ0v) is 13.0. The third-order valence-corrected chi connectivity index (χ3v) is 7.19. The Morgan fingerprint density at radius 2 is 2.06 bits per heavy atom. The monoisotopic (exact) mass is 337 g/mol. The van der Waals surface area contributed by atoms with Gasteiger partial charge in [0, 0.05) is 6.04 Å². The number of hydrogen-bond acceptors (Lipinski definition) is 3. The highest BCUT2D eigenvalue weighted by Gasteiger charge is 2.33. The van der Waals surface area contributed by atoms with E-state index in [0.717, 1.165) is 16.6 Å². The molecule has 96 valence electrons. The molecule has 0 bridgehead atoms. The molecule has 3 nitrogen and oxygen atoms in total. The molecule has 0 saturated heterocycles. The van der Waals surface area contributed by atoms with Crippen LogP contribution in [0.25, 0.3) is 0 Å². The van der Waals surface area contributed by atoms with Crippen molar-refractivity contribution in [3.05, 3.63) is 15.9 Å². The van der Waals surface area contributed by atoms with E-state index in [1.54, 1.807) is 12.1 Å². The van der Waals surface area contributed by atoms with Crippen LogP contribution in [0.1, 0.15) is 26.7 Å². The highest BCUT2D eigenvalue weighted by molar-refractivity contribution is 9.11. The number of nitrogens with one attached hydrogen (secondary N) is 1. The van der Waals surface area contributed by atoms with E-state index in [4.69, 9.17) is 0 Å². The molecule has 6 heteroatoms. The quantitative estimate of drug-likeness (QED) is 0.920. The minimum absolute atomic E-state index is 0.0795. The largest absolute Gasteiger partial charge is 0.250 e. The van der Waals surface area contributed by atoms with Crippen molar-refractivity contribution < 1.29 is 8.42 Å². The first-order chi connectivity index (χ1) is 7.90. The summed E-state index contributed by atoms with van der Waals surface area (Å²) in [5.41, 5.74) is 0. The molecule has 1 N–H and O–H groups in total. The topological polar surface area (TPSA) is 46.2 Å². The first kappa shape index (κ1) is 13.5. The van der Waals surface area contributed by atoms with Crippen molar-refractivity contribution in [2.45, 2.75) is 36.9 Å². The zero-order valence-electron chi connectivity index (χ0n) is 9.81. The fourth-order valence-electron chi connectivity index (χ4n) is 2.23. The van der Waals surface area contributed by atoms with E-state index in [0.29, 0.717) is 16.0 Å². The first-order valence-corrected chi connectivity index (χ1v) is 8.77. The maximum atomic E-state index is 12.1. The predicted molar refractivity (Wildman–Crippen MR) is 73.7 cm³/mol. The fourth-order valence-corrected chi connectivity index (χ4v) is 5.62. The minimum Gasteiger partial charge on any atom is -0.207 e. The van der Waals surface area contributed by atoms with Gasteiger partial charge in [0.2, 0.25) is 10.0 Å². The summed E-state index contributed by atoms with van der Waals surface area (Å²) < 4.78 is 28.3. The number of rotatable bonds is 3. The summed E-state index contributed by atoms with van der Waals surface area (Å²) >= 11 is 4.53. The molecule has 1 aromatic rings. The Morgan fingerprint density at radius 3 is 2.53 bits per heavy atom. The molecule has 1 aromatic heterocycles. The summed E-state index contributed by atoms with van der Waals surface area (Å²) in [7, 11) is -3.34. The van der Waals surface area contributed by atoms with Gasteiger partial charge in [0.15, 0.2) is 0 Å². The first-order valence-electron chi connectivity index (χ1n) is 5.68. The van der Waals surface area contributed by atoms with E-state index in [1.165, 1.54) is 11.3 Å². The SMILES string of the molecule is CC1CCC(NS(=O)(=O)c2ccc(Br)s2)C1C. The summed E-state index contributed by atoms with van der Waals surface area (Å²) in [6.07, 6.45) is 2.04. The molecule has 1 saturated carbocycles. The van der Waals surface area contributed by atoms with Crippen molar-refractivity contribution in [2.75, 3.05) is 0 Å². The molecular formula is C11H16BrNO2S2. The van der Waals surface area contributed by atoms with Crippen LogP contribution in [0, 0.1) is 11.8 Å². The van der Waals surface area contributed by atoms with Gasteiger partial charge < -0.3 is 0 Å². The van der Waals surface area contributed by atoms with Crippen molar-refractivity contribution in [1.82, 2.24) is 4.72 Å². The van der Waals surface area contributed by atoms with Crippen LogP contribution in [0.15, 0.2) is 20.1 Å². The number of sulfonamides is 1. The summed E-state index contributed by atoms with van der Waals surface area (Å²) in [5.74, 6) is 1.01. The van der Waals surface area contributed by atoms with E-state index in [1.807, 2.05) is 0 Å². The Bertz CT molecular complexity index is 497. The van der Waals surface area contributed by atoms with E-state index >= 15 is 0 Å². The highest BCUT2D eigenvalue weighted by atomic mass is 79.9. The lowest BCUT2D eigenvalue weighted by Crippen LogP contribution is -2.36. The van der Waals surface area contributed by atoms with Gasteiger partial charge >= 0.3 is 0 Å². The second-order valence-corrected chi connectivity index (χ2v) is 9.10. The number of thiophene rings is 1. The van der Waals surface area contributed by atoms with Gasteiger partial charge in [0.25, 0.3) is 0 Å². The summed E-state index contributed by atoms with van der Waals surface area (Å²) in [4.78, 5) is 0. The molecule has 2 rings (SSSR count). The molecule has 0 aliphatic heterocycles. The zero-order chi connectivity index (χ0) is 12.6. The van der Waals surface area contributed by atoms with Crippen molar-refractivity contribution in [3.63, 3.8) is 0 Å². The van der Waals surface area contributed by atoms with Gasteiger partial charge in [-0.05, 0) is 52.7 Å². The number of halogens is 1. The second-order valence-electron chi connectivity index (χ2n) is 4.70. The maximum Gasteiger partial charge on any atom is 0.250 e. The molecule has 1 heterocycles. The lowest BCUT2D eigenvalue weighted by molar-refractivity contribution is 0.402. The van der Waals surface area contributed by atoms with Crippen molar-refractivity contribution in [3.8, 4) is 0 Å². The van der Waals surface area contributed by atoms with E-state index in [2.05, 4.69) is 34.5 Å². The van der Waals surface area contributed by atoms with E-state index < -0.39 is 10.0 Å². The smallest absolute Gasteiger partial charge is 0.207 e. The number of hydrogen-bond donors (Lipinski definition) is 1. The van der Waals surface area contributed by atoms with Gasteiger partial charge in [-0.15, -0.1) is 11.3 Å². The molecule has 1 aliphatic rings. The Labute approximate surface area is 115 Å².